The van der Waals surface area contributed by atoms with Crippen molar-refractivity contribution in [3.8, 4) is 0 Å². The number of nitrogens with one attached hydrogen (secondary N) is 1. The lowest BCUT2D eigenvalue weighted by Crippen LogP contribution is -2.44. The van der Waals surface area contributed by atoms with E-state index in [1.807, 2.05) is 0 Å². The second kappa shape index (κ2) is 10.0. The fraction of sp³-hybridized carbons (Fsp3) is 0.857. The number of carbonyl (C=O) groups is 2. The van der Waals surface area contributed by atoms with Gasteiger partial charge in [0.2, 0.25) is 5.12 Å². The van der Waals surface area contributed by atoms with Gasteiger partial charge in [-0.1, -0.05) is 38.5 Å². The van der Waals surface area contributed by atoms with Crippen molar-refractivity contribution in [2.75, 3.05) is 13.2 Å². The second-order valence-electron chi connectivity index (χ2n) is 5.41. The van der Waals surface area contributed by atoms with Crippen LogP contribution in [0.3, 0.4) is 0 Å². The van der Waals surface area contributed by atoms with Crippen molar-refractivity contribution in [2.24, 2.45) is 11.7 Å². The number of ether oxygens (including phenoxy) is 1. The Labute approximate surface area is 126 Å². The third-order valence-electron chi connectivity index (χ3n) is 3.79. The number of unbranched alkanes of at least 4 members (excludes halogenated alkanes) is 1. The van der Waals surface area contributed by atoms with E-state index < -0.39 is 17.3 Å². The number of hydrogen-bond donors (Lipinski definition) is 3. The van der Waals surface area contributed by atoms with Crippen LogP contribution in [0.5, 0.6) is 0 Å². The van der Waals surface area contributed by atoms with Gasteiger partial charge in [0.25, 0.3) is 0 Å². The molecule has 1 aliphatic carbocycles. The van der Waals surface area contributed by atoms with Crippen molar-refractivity contribution in [1.29, 1.82) is 0 Å². The lowest BCUT2D eigenvalue weighted by Gasteiger charge is -2.21. The van der Waals surface area contributed by atoms with E-state index in [2.05, 4.69) is 17.9 Å². The molecule has 1 rings (SSSR count). The molecule has 1 saturated carbocycles. The van der Waals surface area contributed by atoms with Crippen LogP contribution in [-0.4, -0.2) is 30.4 Å². The van der Waals surface area contributed by atoms with Gasteiger partial charge in [0.15, 0.2) is 0 Å². The zero-order chi connectivity index (χ0) is 14.8. The Morgan fingerprint density at radius 2 is 1.95 bits per heavy atom. The summed E-state index contributed by atoms with van der Waals surface area (Å²) in [5.41, 5.74) is 5.34. The molecule has 1 amide bonds. The van der Waals surface area contributed by atoms with Crippen molar-refractivity contribution in [3.05, 3.63) is 0 Å². The van der Waals surface area contributed by atoms with Crippen molar-refractivity contribution >= 4 is 23.8 Å². The smallest absolute Gasteiger partial charge is 0.407 e. The highest BCUT2D eigenvalue weighted by molar-refractivity contribution is 7.96. The van der Waals surface area contributed by atoms with E-state index in [9.17, 15) is 9.59 Å². The molecule has 0 heterocycles. The van der Waals surface area contributed by atoms with Gasteiger partial charge in [-0.2, -0.15) is 0 Å². The maximum absolute atomic E-state index is 11.4. The Kier molecular flexibility index (Phi) is 8.69. The number of hydrogen-bond acceptors (Lipinski definition) is 4. The summed E-state index contributed by atoms with van der Waals surface area (Å²) < 4.78 is 5.02. The molecular formula is C14H26N2O3S. The van der Waals surface area contributed by atoms with Crippen LogP contribution in [0, 0.1) is 5.92 Å². The van der Waals surface area contributed by atoms with E-state index >= 15 is 0 Å². The highest BCUT2D eigenvalue weighted by atomic mass is 32.1. The van der Waals surface area contributed by atoms with Gasteiger partial charge in [-0.05, 0) is 18.8 Å². The summed E-state index contributed by atoms with van der Waals surface area (Å²) in [5, 5.41) is 1.94. The first kappa shape index (κ1) is 17.3. The highest BCUT2D eigenvalue weighted by Crippen LogP contribution is 2.27. The van der Waals surface area contributed by atoms with Crippen LogP contribution in [0.2, 0.25) is 0 Å². The fourth-order valence-electron chi connectivity index (χ4n) is 2.58. The van der Waals surface area contributed by atoms with Crippen LogP contribution in [0.1, 0.15) is 51.4 Å². The molecule has 6 heteroatoms. The topological polar surface area (TPSA) is 81.4 Å². The summed E-state index contributed by atoms with van der Waals surface area (Å²) in [6, 6.07) is -0.770. The molecule has 0 aliphatic heterocycles. The van der Waals surface area contributed by atoms with Gasteiger partial charge >= 0.3 is 6.09 Å². The minimum Gasteiger partial charge on any atom is -0.450 e. The van der Waals surface area contributed by atoms with Crippen LogP contribution >= 0.6 is 12.6 Å². The van der Waals surface area contributed by atoms with Crippen LogP contribution < -0.4 is 11.1 Å². The zero-order valence-corrected chi connectivity index (χ0v) is 12.9. The van der Waals surface area contributed by atoms with Crippen molar-refractivity contribution < 1.29 is 14.3 Å². The van der Waals surface area contributed by atoms with E-state index in [4.69, 9.17) is 10.5 Å². The van der Waals surface area contributed by atoms with Gasteiger partial charge in [-0.3, -0.25) is 4.79 Å². The Bertz CT molecular complexity index is 307. The van der Waals surface area contributed by atoms with E-state index in [1.54, 1.807) is 0 Å². The molecule has 0 spiro atoms. The molecule has 0 aromatic carbocycles. The number of carbonyl (C=O) groups excluding carboxylic acids is 2. The Hall–Kier alpha value is -0.750. The molecule has 0 aromatic heterocycles. The summed E-state index contributed by atoms with van der Waals surface area (Å²) in [6.07, 6.45) is 9.39. The average Bonchev–Trinajstić information content (AvgIpc) is 2.45. The first-order valence-electron chi connectivity index (χ1n) is 7.49. The van der Waals surface area contributed by atoms with Crippen molar-refractivity contribution in [1.82, 2.24) is 5.32 Å². The Morgan fingerprint density at radius 3 is 2.55 bits per heavy atom. The number of amides is 1. The number of nitrogens with two attached hydrogens (primary N) is 1. The van der Waals surface area contributed by atoms with Gasteiger partial charge in [-0.25, -0.2) is 4.79 Å². The molecule has 116 valence electrons. The maximum Gasteiger partial charge on any atom is 0.407 e. The first-order valence-corrected chi connectivity index (χ1v) is 7.94. The van der Waals surface area contributed by atoms with Crippen molar-refractivity contribution in [2.45, 2.75) is 57.4 Å². The summed E-state index contributed by atoms with van der Waals surface area (Å²) in [5.74, 6) is 0.862. The predicted molar refractivity (Wildman–Crippen MR) is 81.7 cm³/mol. The van der Waals surface area contributed by atoms with E-state index in [0.29, 0.717) is 6.61 Å². The van der Waals surface area contributed by atoms with E-state index in [-0.39, 0.29) is 6.54 Å². The summed E-state index contributed by atoms with van der Waals surface area (Å²) >= 11 is 3.64. The average molecular weight is 302 g/mol. The predicted octanol–water partition coefficient (Wildman–Crippen LogP) is 2.25. The van der Waals surface area contributed by atoms with Gasteiger partial charge < -0.3 is 15.8 Å². The molecule has 1 aliphatic rings. The maximum atomic E-state index is 11.4. The largest absolute Gasteiger partial charge is 0.450 e. The number of alkyl carbamates (subject to hydrolysis) is 1. The fourth-order valence-corrected chi connectivity index (χ4v) is 2.75. The molecule has 20 heavy (non-hydrogen) atoms. The van der Waals surface area contributed by atoms with E-state index in [1.165, 1.54) is 38.5 Å². The molecule has 3 N–H and O–H groups in total. The highest BCUT2D eigenvalue weighted by Gasteiger charge is 2.16. The first-order chi connectivity index (χ1) is 9.63. The molecule has 0 unspecified atom stereocenters. The van der Waals surface area contributed by atoms with Crippen LogP contribution in [-0.2, 0) is 9.53 Å². The lowest BCUT2D eigenvalue weighted by molar-refractivity contribution is -0.112. The van der Waals surface area contributed by atoms with Crippen LogP contribution in [0.4, 0.5) is 4.79 Å². The summed E-state index contributed by atoms with van der Waals surface area (Å²) in [6.45, 7) is 0.412. The minimum absolute atomic E-state index is 0.0269. The monoisotopic (exact) mass is 302 g/mol. The summed E-state index contributed by atoms with van der Waals surface area (Å²) in [4.78, 5) is 22.4. The van der Waals surface area contributed by atoms with Crippen molar-refractivity contribution in [3.63, 3.8) is 0 Å². The standard InChI is InChI=1S/C14H26N2O3S/c15-10-12(13(17)20)16-14(18)19-9-5-4-8-11-6-2-1-3-7-11/h11-12H,1-10,15H2,(H,16,18)(H,17,20)/t12-/m0/s1. The zero-order valence-electron chi connectivity index (χ0n) is 12.0. The summed E-state index contributed by atoms with van der Waals surface area (Å²) in [7, 11) is 0. The molecule has 0 bridgehead atoms. The normalized spacial score (nSPS) is 17.5. The molecule has 1 fully saturated rings. The number of rotatable bonds is 8. The van der Waals surface area contributed by atoms with Crippen LogP contribution in [0.25, 0.3) is 0 Å². The van der Waals surface area contributed by atoms with Gasteiger partial charge in [0.05, 0.1) is 6.61 Å². The van der Waals surface area contributed by atoms with Gasteiger partial charge in [0.1, 0.15) is 6.04 Å². The minimum atomic E-state index is -0.770. The second-order valence-corrected chi connectivity index (χ2v) is 5.85. The Balaban J connectivity index is 2.02. The Morgan fingerprint density at radius 1 is 1.25 bits per heavy atom. The number of thiol groups is 1. The molecule has 0 aromatic rings. The quantitative estimate of drug-likeness (QED) is 0.474. The SMILES string of the molecule is NC[C@H](NC(=O)OCCCCC1CCCCC1)C(=O)S. The lowest BCUT2D eigenvalue weighted by atomic mass is 9.86. The molecule has 0 saturated heterocycles. The third kappa shape index (κ3) is 7.14. The molecular weight excluding hydrogens is 276 g/mol. The molecule has 1 atom stereocenters. The molecule has 0 radical (unpaired) electrons. The van der Waals surface area contributed by atoms with Crippen LogP contribution in [0.15, 0.2) is 0 Å². The van der Waals surface area contributed by atoms with Gasteiger partial charge in [0, 0.05) is 6.54 Å². The molecule has 5 nitrogen and oxygen atoms in total. The van der Waals surface area contributed by atoms with Gasteiger partial charge in [-0.15, -0.1) is 12.6 Å². The third-order valence-corrected chi connectivity index (χ3v) is 4.10. The van der Waals surface area contributed by atoms with E-state index in [0.717, 1.165) is 18.8 Å².